The topological polar surface area (TPSA) is 37.9 Å². The summed E-state index contributed by atoms with van der Waals surface area (Å²) < 4.78 is 5.80. The molecule has 0 fully saturated rings. The monoisotopic (exact) mass is 338 g/mol. The first-order valence-corrected chi connectivity index (χ1v) is 8.97. The molecule has 0 spiro atoms. The molecule has 0 unspecified atom stereocenters. The SMILES string of the molecule is CC(C)c1[nH]c(COCc2ccccc2)nc1Sc1ccccc1. The number of nitrogens with one attached hydrogen (secondary N) is 1. The van der Waals surface area contributed by atoms with Crippen LogP contribution in [0.5, 0.6) is 0 Å². The predicted molar refractivity (Wildman–Crippen MR) is 98.2 cm³/mol. The molecule has 24 heavy (non-hydrogen) atoms. The van der Waals surface area contributed by atoms with Gasteiger partial charge in [-0.1, -0.05) is 74.1 Å². The molecule has 1 heterocycles. The van der Waals surface area contributed by atoms with Gasteiger partial charge in [0, 0.05) is 4.90 Å². The number of benzene rings is 2. The van der Waals surface area contributed by atoms with Crippen LogP contribution in [0, 0.1) is 0 Å². The summed E-state index contributed by atoms with van der Waals surface area (Å²) in [5.41, 5.74) is 2.34. The number of hydrogen-bond acceptors (Lipinski definition) is 3. The van der Waals surface area contributed by atoms with E-state index in [0.717, 1.165) is 10.9 Å². The third-order valence-electron chi connectivity index (χ3n) is 3.63. The smallest absolute Gasteiger partial charge is 0.133 e. The van der Waals surface area contributed by atoms with Crippen molar-refractivity contribution in [3.63, 3.8) is 0 Å². The second-order valence-corrected chi connectivity index (χ2v) is 7.01. The summed E-state index contributed by atoms with van der Waals surface area (Å²) in [6.07, 6.45) is 0. The molecule has 124 valence electrons. The molecule has 0 saturated carbocycles. The van der Waals surface area contributed by atoms with E-state index in [1.54, 1.807) is 11.8 Å². The van der Waals surface area contributed by atoms with Gasteiger partial charge in [0.05, 0.1) is 12.3 Å². The van der Waals surface area contributed by atoms with Crippen molar-refractivity contribution < 1.29 is 4.74 Å². The van der Waals surface area contributed by atoms with Gasteiger partial charge in [-0.25, -0.2) is 4.98 Å². The standard InChI is InChI=1S/C20H22N2OS/c1-15(2)19-20(24-17-11-7-4-8-12-17)22-18(21-19)14-23-13-16-9-5-3-6-10-16/h3-12,15H,13-14H2,1-2H3,(H,21,22). The van der Waals surface area contributed by atoms with Crippen LogP contribution in [-0.4, -0.2) is 9.97 Å². The quantitative estimate of drug-likeness (QED) is 0.626. The van der Waals surface area contributed by atoms with E-state index in [0.29, 0.717) is 19.1 Å². The predicted octanol–water partition coefficient (Wildman–Crippen LogP) is 5.40. The van der Waals surface area contributed by atoms with Crippen molar-refractivity contribution in [2.45, 2.75) is 42.9 Å². The Labute approximate surface area is 147 Å². The Bertz CT molecular complexity index is 754. The molecule has 3 rings (SSSR count). The minimum absolute atomic E-state index is 0.395. The molecule has 0 aliphatic heterocycles. The maximum Gasteiger partial charge on any atom is 0.133 e. The Balaban J connectivity index is 1.67. The zero-order chi connectivity index (χ0) is 16.8. The molecule has 4 heteroatoms. The molecule has 3 aromatic rings. The van der Waals surface area contributed by atoms with Crippen molar-refractivity contribution >= 4 is 11.8 Å². The Morgan fingerprint density at radius 3 is 2.29 bits per heavy atom. The second kappa shape index (κ2) is 8.18. The molecule has 0 atom stereocenters. The highest BCUT2D eigenvalue weighted by Gasteiger charge is 2.14. The number of aromatic nitrogens is 2. The minimum Gasteiger partial charge on any atom is -0.369 e. The van der Waals surface area contributed by atoms with E-state index in [-0.39, 0.29) is 0 Å². The highest BCUT2D eigenvalue weighted by atomic mass is 32.2. The Kier molecular flexibility index (Phi) is 5.72. The van der Waals surface area contributed by atoms with Crippen LogP contribution in [0.1, 0.15) is 36.8 Å². The number of imidazole rings is 1. The van der Waals surface area contributed by atoms with Crippen molar-refractivity contribution in [3.05, 3.63) is 77.7 Å². The molecule has 0 aliphatic carbocycles. The lowest BCUT2D eigenvalue weighted by molar-refractivity contribution is 0.102. The molecule has 0 bridgehead atoms. The van der Waals surface area contributed by atoms with Gasteiger partial charge in [0.15, 0.2) is 0 Å². The van der Waals surface area contributed by atoms with Crippen molar-refractivity contribution in [2.75, 3.05) is 0 Å². The van der Waals surface area contributed by atoms with E-state index in [1.807, 2.05) is 36.4 Å². The lowest BCUT2D eigenvalue weighted by Gasteiger charge is -2.05. The number of aromatic amines is 1. The molecule has 0 radical (unpaired) electrons. The Morgan fingerprint density at radius 1 is 0.958 bits per heavy atom. The van der Waals surface area contributed by atoms with Crippen LogP contribution in [0.4, 0.5) is 0 Å². The Morgan fingerprint density at radius 2 is 1.62 bits per heavy atom. The van der Waals surface area contributed by atoms with Gasteiger partial charge in [-0.3, -0.25) is 0 Å². The summed E-state index contributed by atoms with van der Waals surface area (Å²) in [6, 6.07) is 20.5. The van der Waals surface area contributed by atoms with Crippen molar-refractivity contribution in [3.8, 4) is 0 Å². The first kappa shape index (κ1) is 16.8. The molecule has 3 nitrogen and oxygen atoms in total. The van der Waals surface area contributed by atoms with Gasteiger partial charge in [0.25, 0.3) is 0 Å². The average molecular weight is 338 g/mol. The van der Waals surface area contributed by atoms with Gasteiger partial charge in [-0.2, -0.15) is 0 Å². The number of ether oxygens (including phenoxy) is 1. The van der Waals surface area contributed by atoms with Crippen LogP contribution in [0.2, 0.25) is 0 Å². The van der Waals surface area contributed by atoms with Crippen molar-refractivity contribution in [1.29, 1.82) is 0 Å². The summed E-state index contributed by atoms with van der Waals surface area (Å²) in [7, 11) is 0. The van der Waals surface area contributed by atoms with Gasteiger partial charge in [-0.05, 0) is 23.6 Å². The van der Waals surface area contributed by atoms with Crippen LogP contribution in [0.15, 0.2) is 70.6 Å². The fourth-order valence-electron chi connectivity index (χ4n) is 2.40. The van der Waals surface area contributed by atoms with Crippen LogP contribution >= 0.6 is 11.8 Å². The third kappa shape index (κ3) is 4.49. The Hall–Kier alpha value is -2.04. The molecular formula is C20H22N2OS. The van der Waals surface area contributed by atoms with E-state index in [1.165, 1.54) is 16.2 Å². The van der Waals surface area contributed by atoms with E-state index in [2.05, 4.69) is 43.1 Å². The van der Waals surface area contributed by atoms with Crippen molar-refractivity contribution in [1.82, 2.24) is 9.97 Å². The summed E-state index contributed by atoms with van der Waals surface area (Å²) >= 11 is 1.70. The van der Waals surface area contributed by atoms with E-state index in [4.69, 9.17) is 9.72 Å². The number of nitrogens with zero attached hydrogens (tertiary/aromatic N) is 1. The van der Waals surface area contributed by atoms with Gasteiger partial charge >= 0.3 is 0 Å². The molecule has 2 aromatic carbocycles. The van der Waals surface area contributed by atoms with Gasteiger partial charge in [0.1, 0.15) is 17.5 Å². The second-order valence-electron chi connectivity index (χ2n) is 5.95. The van der Waals surface area contributed by atoms with Gasteiger partial charge in [-0.15, -0.1) is 0 Å². The maximum absolute atomic E-state index is 5.80. The summed E-state index contributed by atoms with van der Waals surface area (Å²) in [5, 5.41) is 1.04. The maximum atomic E-state index is 5.80. The highest BCUT2D eigenvalue weighted by Crippen LogP contribution is 2.32. The molecule has 1 aromatic heterocycles. The normalized spacial score (nSPS) is 11.1. The lowest BCUT2D eigenvalue weighted by Crippen LogP contribution is -1.96. The number of rotatable bonds is 7. The first-order chi connectivity index (χ1) is 11.7. The lowest BCUT2D eigenvalue weighted by atomic mass is 10.2. The van der Waals surface area contributed by atoms with Crippen LogP contribution in [0.25, 0.3) is 0 Å². The van der Waals surface area contributed by atoms with E-state index in [9.17, 15) is 0 Å². The zero-order valence-corrected chi connectivity index (χ0v) is 14.8. The zero-order valence-electron chi connectivity index (χ0n) is 14.0. The van der Waals surface area contributed by atoms with Gasteiger partial charge < -0.3 is 9.72 Å². The summed E-state index contributed by atoms with van der Waals surface area (Å²) in [4.78, 5) is 9.37. The van der Waals surface area contributed by atoms with Gasteiger partial charge in [0.2, 0.25) is 0 Å². The number of H-pyrrole nitrogens is 1. The largest absolute Gasteiger partial charge is 0.369 e. The van der Waals surface area contributed by atoms with Crippen molar-refractivity contribution in [2.24, 2.45) is 0 Å². The molecule has 1 N–H and O–H groups in total. The summed E-state index contributed by atoms with van der Waals surface area (Å²) in [6.45, 7) is 5.44. The van der Waals surface area contributed by atoms with Crippen LogP contribution in [0.3, 0.4) is 0 Å². The fraction of sp³-hybridized carbons (Fsp3) is 0.250. The van der Waals surface area contributed by atoms with Crippen LogP contribution < -0.4 is 0 Å². The minimum atomic E-state index is 0.395. The number of hydrogen-bond donors (Lipinski definition) is 1. The summed E-state index contributed by atoms with van der Waals surface area (Å²) in [5.74, 6) is 1.28. The van der Waals surface area contributed by atoms with Crippen LogP contribution in [-0.2, 0) is 18.0 Å². The molecule has 0 aliphatic rings. The molecule has 0 amide bonds. The van der Waals surface area contributed by atoms with E-state index >= 15 is 0 Å². The molecular weight excluding hydrogens is 316 g/mol. The third-order valence-corrected chi connectivity index (χ3v) is 4.64. The highest BCUT2D eigenvalue weighted by molar-refractivity contribution is 7.99. The fourth-order valence-corrected chi connectivity index (χ4v) is 3.47. The van der Waals surface area contributed by atoms with E-state index < -0.39 is 0 Å². The molecule has 0 saturated heterocycles. The first-order valence-electron chi connectivity index (χ1n) is 8.15. The average Bonchev–Trinajstić information content (AvgIpc) is 3.00.